The number of piperidine rings is 1. The Hall–Kier alpha value is -2.54. The quantitative estimate of drug-likeness (QED) is 0.284. The van der Waals surface area contributed by atoms with Gasteiger partial charge in [0.25, 0.3) is 0 Å². The number of aromatic amines is 1. The molecule has 5 nitrogen and oxygen atoms in total. The van der Waals surface area contributed by atoms with Gasteiger partial charge in [-0.2, -0.15) is 0 Å². The van der Waals surface area contributed by atoms with Crippen LogP contribution in [0.15, 0.2) is 66.9 Å². The van der Waals surface area contributed by atoms with Gasteiger partial charge in [0.1, 0.15) is 5.82 Å². The first-order valence-electron chi connectivity index (χ1n) is 13.2. The van der Waals surface area contributed by atoms with Gasteiger partial charge in [-0.25, -0.2) is 4.98 Å². The predicted octanol–water partition coefficient (Wildman–Crippen LogP) is 6.60. The molecule has 1 atom stereocenters. The molecule has 2 aromatic carbocycles. The van der Waals surface area contributed by atoms with Crippen molar-refractivity contribution in [2.45, 2.75) is 64.2 Å². The average molecular weight is 547 g/mol. The molecule has 6 rings (SSSR count). The molecule has 1 aliphatic heterocycles. The molecule has 188 valence electrons. The lowest BCUT2D eigenvalue weighted by molar-refractivity contribution is 0.153. The van der Waals surface area contributed by atoms with Gasteiger partial charge >= 0.3 is 0 Å². The number of pyridine rings is 1. The molecule has 1 unspecified atom stereocenters. The molecule has 36 heavy (non-hydrogen) atoms. The van der Waals surface area contributed by atoms with E-state index in [0.717, 1.165) is 49.3 Å². The van der Waals surface area contributed by atoms with Crippen molar-refractivity contribution in [3.8, 4) is 0 Å². The highest BCUT2D eigenvalue weighted by Gasteiger charge is 2.28. The van der Waals surface area contributed by atoms with E-state index in [1.54, 1.807) is 0 Å². The largest absolute Gasteiger partial charge is 0.341 e. The number of nitrogens with zero attached hydrogens (tertiary/aromatic N) is 4. The van der Waals surface area contributed by atoms with E-state index in [9.17, 15) is 0 Å². The fourth-order valence-electron chi connectivity index (χ4n) is 5.85. The maximum Gasteiger partial charge on any atom is 0.121 e. The highest BCUT2D eigenvalue weighted by molar-refractivity contribution is 8.93. The summed E-state index contributed by atoms with van der Waals surface area (Å²) in [6, 6.07) is 22.3. The van der Waals surface area contributed by atoms with Gasteiger partial charge in [0.15, 0.2) is 0 Å². The van der Waals surface area contributed by atoms with Crippen LogP contribution in [0.3, 0.4) is 0 Å². The van der Waals surface area contributed by atoms with Crippen LogP contribution in [0.4, 0.5) is 0 Å². The number of H-pyrrole nitrogens is 1. The normalized spacial score (nSPS) is 18.2. The zero-order valence-corrected chi connectivity index (χ0v) is 22.6. The second kappa shape index (κ2) is 11.7. The molecule has 0 radical (unpaired) electrons. The van der Waals surface area contributed by atoms with E-state index in [2.05, 4.69) is 75.4 Å². The monoisotopic (exact) mass is 545 g/mol. The molecule has 0 spiro atoms. The molecule has 1 fully saturated rings. The number of aryl methyl sites for hydroxylation is 1. The Bertz CT molecular complexity index is 1230. The van der Waals surface area contributed by atoms with Crippen molar-refractivity contribution in [2.75, 3.05) is 13.1 Å². The van der Waals surface area contributed by atoms with E-state index in [1.807, 2.05) is 6.20 Å². The predicted molar refractivity (Wildman–Crippen MR) is 151 cm³/mol. The molecule has 1 aliphatic carbocycles. The SMILES string of the molecule is Br.c1cnc2c(c1)CCCC2N(Cc1ccc(CN2CCCCC2)cc1)Cc1nc2ccccc2[nH]1. The summed E-state index contributed by atoms with van der Waals surface area (Å²) in [6.07, 6.45) is 9.48. The molecular formula is C30H36BrN5. The summed E-state index contributed by atoms with van der Waals surface area (Å²) >= 11 is 0. The van der Waals surface area contributed by atoms with Crippen molar-refractivity contribution in [2.24, 2.45) is 0 Å². The van der Waals surface area contributed by atoms with E-state index in [4.69, 9.17) is 9.97 Å². The minimum atomic E-state index is 0. The molecule has 2 aliphatic rings. The third kappa shape index (κ3) is 5.72. The summed E-state index contributed by atoms with van der Waals surface area (Å²) in [5.74, 6) is 1.02. The average Bonchev–Trinajstić information content (AvgIpc) is 3.32. The summed E-state index contributed by atoms with van der Waals surface area (Å²) in [4.78, 5) is 18.5. The van der Waals surface area contributed by atoms with Crippen molar-refractivity contribution in [1.29, 1.82) is 0 Å². The fourth-order valence-corrected chi connectivity index (χ4v) is 5.85. The number of hydrogen-bond donors (Lipinski definition) is 1. The van der Waals surface area contributed by atoms with Crippen LogP contribution >= 0.6 is 17.0 Å². The van der Waals surface area contributed by atoms with E-state index in [1.165, 1.54) is 61.2 Å². The third-order valence-corrected chi connectivity index (χ3v) is 7.66. The highest BCUT2D eigenvalue weighted by atomic mass is 79.9. The van der Waals surface area contributed by atoms with Gasteiger partial charge in [-0.3, -0.25) is 14.8 Å². The molecule has 4 aromatic rings. The number of hydrogen-bond acceptors (Lipinski definition) is 4. The first-order chi connectivity index (χ1) is 17.3. The maximum atomic E-state index is 4.90. The summed E-state index contributed by atoms with van der Waals surface area (Å²) in [5, 5.41) is 0. The number of aromatic nitrogens is 3. The van der Waals surface area contributed by atoms with E-state index >= 15 is 0 Å². The first-order valence-corrected chi connectivity index (χ1v) is 13.2. The van der Waals surface area contributed by atoms with Crippen LogP contribution in [0, 0.1) is 0 Å². The number of fused-ring (bicyclic) bond motifs is 2. The Morgan fingerprint density at radius 2 is 1.67 bits per heavy atom. The Kier molecular flexibility index (Phi) is 8.15. The minimum absolute atomic E-state index is 0. The zero-order chi connectivity index (χ0) is 23.5. The van der Waals surface area contributed by atoms with Crippen molar-refractivity contribution >= 4 is 28.0 Å². The Balaban J connectivity index is 0.00000267. The van der Waals surface area contributed by atoms with Crippen LogP contribution in [-0.4, -0.2) is 37.8 Å². The Labute approximate surface area is 224 Å². The number of para-hydroxylation sites is 2. The molecule has 0 saturated carbocycles. The number of benzene rings is 2. The number of imidazole rings is 1. The first kappa shape index (κ1) is 25.1. The Morgan fingerprint density at radius 3 is 2.50 bits per heavy atom. The van der Waals surface area contributed by atoms with Gasteiger partial charge in [0, 0.05) is 19.3 Å². The molecule has 2 aromatic heterocycles. The maximum absolute atomic E-state index is 4.90. The van der Waals surface area contributed by atoms with Crippen molar-refractivity contribution in [3.63, 3.8) is 0 Å². The number of halogens is 1. The van der Waals surface area contributed by atoms with Crippen LogP contribution in [-0.2, 0) is 26.1 Å². The molecule has 1 N–H and O–H groups in total. The summed E-state index contributed by atoms with van der Waals surface area (Å²) in [7, 11) is 0. The third-order valence-electron chi connectivity index (χ3n) is 7.66. The van der Waals surface area contributed by atoms with E-state index in [-0.39, 0.29) is 17.0 Å². The van der Waals surface area contributed by atoms with Crippen LogP contribution in [0.25, 0.3) is 11.0 Å². The standard InChI is InChI=1S/C30H35N5.BrH/c1-4-18-34(19-5-1)20-23-13-15-24(16-14-23)21-35(22-29-32-26-10-2-3-11-27(26)33-29)28-12-6-8-25-9-7-17-31-30(25)28;/h2-3,7,9-11,13-17,28H,1,4-6,8,12,18-22H2,(H,32,33);1H. The van der Waals surface area contributed by atoms with Gasteiger partial charge in [0.05, 0.1) is 29.3 Å². The summed E-state index contributed by atoms with van der Waals surface area (Å²) in [6.45, 7) is 5.22. The van der Waals surface area contributed by atoms with Crippen LogP contribution in [0.5, 0.6) is 0 Å². The van der Waals surface area contributed by atoms with Crippen LogP contribution in [0.1, 0.15) is 66.4 Å². The zero-order valence-electron chi connectivity index (χ0n) is 20.9. The van der Waals surface area contributed by atoms with Gasteiger partial charge in [-0.1, -0.05) is 48.9 Å². The van der Waals surface area contributed by atoms with Crippen molar-refractivity contribution in [1.82, 2.24) is 24.8 Å². The highest BCUT2D eigenvalue weighted by Crippen LogP contribution is 2.34. The summed E-state index contributed by atoms with van der Waals surface area (Å²) in [5.41, 5.74) is 7.56. The lowest BCUT2D eigenvalue weighted by atomic mass is 9.90. The molecule has 0 bridgehead atoms. The van der Waals surface area contributed by atoms with E-state index < -0.39 is 0 Å². The number of rotatable bonds is 7. The smallest absolute Gasteiger partial charge is 0.121 e. The lowest BCUT2D eigenvalue weighted by Gasteiger charge is -2.34. The van der Waals surface area contributed by atoms with E-state index in [0.29, 0.717) is 6.04 Å². The molecule has 3 heterocycles. The molecule has 1 saturated heterocycles. The van der Waals surface area contributed by atoms with Crippen LogP contribution in [0.2, 0.25) is 0 Å². The summed E-state index contributed by atoms with van der Waals surface area (Å²) < 4.78 is 0. The van der Waals surface area contributed by atoms with Gasteiger partial charge in [0.2, 0.25) is 0 Å². The van der Waals surface area contributed by atoms with Gasteiger partial charge < -0.3 is 4.98 Å². The fraction of sp³-hybridized carbons (Fsp3) is 0.400. The lowest BCUT2D eigenvalue weighted by Crippen LogP contribution is -2.32. The minimum Gasteiger partial charge on any atom is -0.341 e. The molecular weight excluding hydrogens is 510 g/mol. The number of nitrogens with one attached hydrogen (secondary N) is 1. The second-order valence-electron chi connectivity index (χ2n) is 10.2. The molecule has 6 heteroatoms. The van der Waals surface area contributed by atoms with Crippen molar-refractivity contribution < 1.29 is 0 Å². The topological polar surface area (TPSA) is 48.1 Å². The number of likely N-dealkylation sites (tertiary alicyclic amines) is 1. The van der Waals surface area contributed by atoms with Gasteiger partial charge in [-0.05, 0) is 80.1 Å². The Morgan fingerprint density at radius 1 is 0.861 bits per heavy atom. The van der Waals surface area contributed by atoms with Gasteiger partial charge in [-0.15, -0.1) is 17.0 Å². The second-order valence-corrected chi connectivity index (χ2v) is 10.2. The van der Waals surface area contributed by atoms with Crippen molar-refractivity contribution in [3.05, 3.63) is 95.1 Å². The molecule has 0 amide bonds. The van der Waals surface area contributed by atoms with Crippen LogP contribution < -0.4 is 0 Å².